The van der Waals surface area contributed by atoms with Gasteiger partial charge < -0.3 is 4.90 Å². The predicted molar refractivity (Wildman–Crippen MR) is 89.3 cm³/mol. The fraction of sp³-hybridized carbons (Fsp3) is 0.0526. The van der Waals surface area contributed by atoms with Crippen LogP contribution >= 0.6 is 0 Å². The lowest BCUT2D eigenvalue weighted by molar-refractivity contribution is 1.14. The molecule has 2 rings (SSSR count). The number of anilines is 1. The maximum Gasteiger partial charge on any atom is 0.0533 e. The van der Waals surface area contributed by atoms with E-state index in [1.54, 1.807) is 6.08 Å². The van der Waals surface area contributed by atoms with Gasteiger partial charge in [0.1, 0.15) is 0 Å². The first-order valence-electron chi connectivity index (χ1n) is 6.66. The summed E-state index contributed by atoms with van der Waals surface area (Å²) in [5.74, 6) is 0. The number of hydrogen-bond donors (Lipinski definition) is 0. The zero-order valence-corrected chi connectivity index (χ0v) is 11.8. The van der Waals surface area contributed by atoms with Crippen LogP contribution in [0.3, 0.4) is 0 Å². The molecule has 1 heterocycles. The highest BCUT2D eigenvalue weighted by Crippen LogP contribution is 2.30. The largest absolute Gasteiger partial charge is 0.311 e. The summed E-state index contributed by atoms with van der Waals surface area (Å²) in [5, 5.41) is 0. The van der Waals surface area contributed by atoms with Crippen molar-refractivity contribution in [3.05, 3.63) is 96.9 Å². The Bertz CT molecular complexity index is 627. The van der Waals surface area contributed by atoms with E-state index in [9.17, 15) is 0 Å². The Labute approximate surface area is 121 Å². The van der Waals surface area contributed by atoms with E-state index in [-0.39, 0.29) is 0 Å². The Balaban J connectivity index is 2.58. The van der Waals surface area contributed by atoms with E-state index in [4.69, 9.17) is 0 Å². The smallest absolute Gasteiger partial charge is 0.0533 e. The van der Waals surface area contributed by atoms with Crippen LogP contribution in [0.2, 0.25) is 0 Å². The van der Waals surface area contributed by atoms with E-state index in [0.717, 1.165) is 17.1 Å². The molecule has 1 aromatic rings. The Kier molecular flexibility index (Phi) is 4.56. The molecule has 0 saturated heterocycles. The van der Waals surface area contributed by atoms with E-state index in [1.165, 1.54) is 5.56 Å². The van der Waals surface area contributed by atoms with Crippen molar-refractivity contribution in [2.24, 2.45) is 0 Å². The highest BCUT2D eigenvalue weighted by molar-refractivity contribution is 5.75. The van der Waals surface area contributed by atoms with Crippen LogP contribution in [0.25, 0.3) is 6.08 Å². The Morgan fingerprint density at radius 2 is 1.90 bits per heavy atom. The Morgan fingerprint density at radius 1 is 1.15 bits per heavy atom. The third kappa shape index (κ3) is 2.89. The average molecular weight is 261 g/mol. The predicted octanol–water partition coefficient (Wildman–Crippen LogP) is 5.24. The van der Waals surface area contributed by atoms with Crippen LogP contribution in [0.1, 0.15) is 12.5 Å². The Morgan fingerprint density at radius 3 is 2.65 bits per heavy atom. The van der Waals surface area contributed by atoms with E-state index >= 15 is 0 Å². The van der Waals surface area contributed by atoms with Crippen LogP contribution in [-0.4, -0.2) is 0 Å². The Hall–Kier alpha value is -2.54. The first kappa shape index (κ1) is 13.9. The van der Waals surface area contributed by atoms with Gasteiger partial charge in [-0.3, -0.25) is 0 Å². The zero-order chi connectivity index (χ0) is 14.4. The number of allylic oxidation sites excluding steroid dienone is 7. The van der Waals surface area contributed by atoms with Crippen molar-refractivity contribution in [2.45, 2.75) is 6.92 Å². The molecule has 0 radical (unpaired) electrons. The minimum Gasteiger partial charge on any atom is -0.311 e. The summed E-state index contributed by atoms with van der Waals surface area (Å²) < 4.78 is 0. The van der Waals surface area contributed by atoms with Crippen molar-refractivity contribution >= 4 is 11.8 Å². The third-order valence-electron chi connectivity index (χ3n) is 3.10. The number of fused-ring (bicyclic) bond motifs is 1. The van der Waals surface area contributed by atoms with Gasteiger partial charge in [0.15, 0.2) is 0 Å². The van der Waals surface area contributed by atoms with E-state index in [1.807, 2.05) is 49.4 Å². The molecule has 0 amide bonds. The topological polar surface area (TPSA) is 3.24 Å². The lowest BCUT2D eigenvalue weighted by Crippen LogP contribution is -2.20. The molecule has 0 N–H and O–H groups in total. The van der Waals surface area contributed by atoms with Gasteiger partial charge >= 0.3 is 0 Å². The fourth-order valence-corrected chi connectivity index (χ4v) is 2.16. The standard InChI is InChI=1S/C19H19N/c1-4-6-14-18(5-2)20-16(3)11-7-8-12-17-13-9-10-15-19(17)20/h4-15H,1,3H2,2H3/b11-7-,12-8-,14-6-,18-5+. The molecule has 1 heteroatoms. The molecule has 0 bridgehead atoms. The van der Waals surface area contributed by atoms with E-state index in [0.29, 0.717) is 0 Å². The molecule has 1 aliphatic heterocycles. The number of hydrogen-bond acceptors (Lipinski definition) is 1. The maximum atomic E-state index is 4.18. The summed E-state index contributed by atoms with van der Waals surface area (Å²) in [6.07, 6.45) is 16.0. The molecule has 0 saturated carbocycles. The van der Waals surface area contributed by atoms with Gasteiger partial charge in [0.2, 0.25) is 0 Å². The van der Waals surface area contributed by atoms with Crippen LogP contribution in [-0.2, 0) is 0 Å². The highest BCUT2D eigenvalue weighted by Gasteiger charge is 2.14. The first-order chi connectivity index (χ1) is 9.77. The lowest BCUT2D eigenvalue weighted by atomic mass is 10.1. The van der Waals surface area contributed by atoms with E-state index in [2.05, 4.69) is 42.3 Å². The molecular weight excluding hydrogens is 242 g/mol. The van der Waals surface area contributed by atoms with Crippen molar-refractivity contribution in [3.63, 3.8) is 0 Å². The average Bonchev–Trinajstić information content (AvgIpc) is 2.46. The molecule has 1 aromatic carbocycles. The summed E-state index contributed by atoms with van der Waals surface area (Å²) in [5.41, 5.74) is 4.30. The van der Waals surface area contributed by atoms with Crippen LogP contribution in [0.4, 0.5) is 5.69 Å². The highest BCUT2D eigenvalue weighted by atomic mass is 15.2. The summed E-state index contributed by atoms with van der Waals surface area (Å²) in [6, 6.07) is 8.30. The normalized spacial score (nSPS) is 18.4. The van der Waals surface area contributed by atoms with Crippen molar-refractivity contribution in [3.8, 4) is 0 Å². The van der Waals surface area contributed by atoms with Gasteiger partial charge in [-0.15, -0.1) is 0 Å². The van der Waals surface area contributed by atoms with Gasteiger partial charge in [0.25, 0.3) is 0 Å². The van der Waals surface area contributed by atoms with Crippen LogP contribution in [0, 0.1) is 0 Å². The molecule has 100 valence electrons. The summed E-state index contributed by atoms with van der Waals surface area (Å²) >= 11 is 0. The van der Waals surface area contributed by atoms with Crippen LogP contribution in [0.15, 0.2) is 91.3 Å². The molecule has 0 fully saturated rings. The zero-order valence-electron chi connectivity index (χ0n) is 11.8. The minimum absolute atomic E-state index is 0.934. The monoisotopic (exact) mass is 261 g/mol. The van der Waals surface area contributed by atoms with Gasteiger partial charge in [-0.2, -0.15) is 0 Å². The minimum atomic E-state index is 0.934. The molecule has 1 aliphatic rings. The van der Waals surface area contributed by atoms with E-state index < -0.39 is 0 Å². The number of para-hydroxylation sites is 1. The van der Waals surface area contributed by atoms with Crippen LogP contribution in [0.5, 0.6) is 0 Å². The van der Waals surface area contributed by atoms with Crippen molar-refractivity contribution in [1.82, 2.24) is 0 Å². The van der Waals surface area contributed by atoms with Gasteiger partial charge in [-0.1, -0.05) is 67.8 Å². The van der Waals surface area contributed by atoms with Crippen molar-refractivity contribution in [1.29, 1.82) is 0 Å². The number of rotatable bonds is 3. The molecule has 20 heavy (non-hydrogen) atoms. The quantitative estimate of drug-likeness (QED) is 0.673. The van der Waals surface area contributed by atoms with Gasteiger partial charge in [0.05, 0.1) is 5.69 Å². The summed E-state index contributed by atoms with van der Waals surface area (Å²) in [7, 11) is 0. The number of benzene rings is 1. The second-order valence-electron chi connectivity index (χ2n) is 4.41. The molecule has 0 aromatic heterocycles. The van der Waals surface area contributed by atoms with Crippen LogP contribution < -0.4 is 4.90 Å². The molecule has 0 spiro atoms. The van der Waals surface area contributed by atoms with Gasteiger partial charge in [-0.05, 0) is 30.7 Å². The first-order valence-corrected chi connectivity index (χ1v) is 6.66. The van der Waals surface area contributed by atoms with Gasteiger partial charge in [-0.25, -0.2) is 0 Å². The van der Waals surface area contributed by atoms with Gasteiger partial charge in [0, 0.05) is 11.4 Å². The SMILES string of the molecule is C=C/C=C\C(=C/C)N1C(=C)/C=C\C=C/c2ccccc21. The fourth-order valence-electron chi connectivity index (χ4n) is 2.16. The molecule has 1 nitrogen and oxygen atoms in total. The molecule has 0 unspecified atom stereocenters. The summed E-state index contributed by atoms with van der Waals surface area (Å²) in [4.78, 5) is 2.15. The second-order valence-corrected chi connectivity index (χ2v) is 4.41. The number of nitrogens with zero attached hydrogens (tertiary/aromatic N) is 1. The molecule has 0 atom stereocenters. The lowest BCUT2D eigenvalue weighted by Gasteiger charge is -2.28. The third-order valence-corrected chi connectivity index (χ3v) is 3.10. The van der Waals surface area contributed by atoms with Crippen molar-refractivity contribution < 1.29 is 0 Å². The molecular formula is C19H19N. The second kappa shape index (κ2) is 6.58. The summed E-state index contributed by atoms with van der Waals surface area (Å²) in [6.45, 7) is 9.93. The maximum absolute atomic E-state index is 4.18. The van der Waals surface area contributed by atoms with Crippen molar-refractivity contribution in [2.75, 3.05) is 4.90 Å². The molecule has 0 aliphatic carbocycles.